The number of nitrogens with zero attached hydrogens (tertiary/aromatic N) is 1. The van der Waals surface area contributed by atoms with Gasteiger partial charge in [0.1, 0.15) is 5.75 Å². The summed E-state index contributed by atoms with van der Waals surface area (Å²) in [5, 5.41) is 23.1. The van der Waals surface area contributed by atoms with Crippen LogP contribution in [0.5, 0.6) is 5.75 Å². The van der Waals surface area contributed by atoms with Gasteiger partial charge in [0.25, 0.3) is 0 Å². The second kappa shape index (κ2) is 7.31. The number of ether oxygens (including phenoxy) is 1. The monoisotopic (exact) mass is 338 g/mol. The van der Waals surface area contributed by atoms with Crippen molar-refractivity contribution in [3.63, 3.8) is 0 Å². The summed E-state index contributed by atoms with van der Waals surface area (Å²) in [5.74, 6) is -0.767. The van der Waals surface area contributed by atoms with Crippen LogP contribution in [0, 0.1) is 10.8 Å². The molecule has 1 aromatic carbocycles. The first kappa shape index (κ1) is 17.1. The molecule has 0 saturated heterocycles. The third-order valence-electron chi connectivity index (χ3n) is 2.54. The summed E-state index contributed by atoms with van der Waals surface area (Å²) in [5.41, 5.74) is 0.924. The van der Waals surface area contributed by atoms with Gasteiger partial charge in [-0.3, -0.25) is 21.1 Å². The molecule has 10 heteroatoms. The van der Waals surface area contributed by atoms with Gasteiger partial charge >= 0.3 is 6.36 Å². The molecule has 126 valence electrons. The van der Waals surface area contributed by atoms with E-state index in [4.69, 9.17) is 10.8 Å². The van der Waals surface area contributed by atoms with Gasteiger partial charge in [-0.25, -0.2) is 0 Å². The Balaban J connectivity index is 1.84. The van der Waals surface area contributed by atoms with Gasteiger partial charge in [-0.15, -0.1) is 13.2 Å². The van der Waals surface area contributed by atoms with Crippen LogP contribution in [0.25, 0.3) is 0 Å². The van der Waals surface area contributed by atoms with Crippen molar-refractivity contribution in [3.8, 4) is 5.75 Å². The predicted molar refractivity (Wildman–Crippen MR) is 83.2 cm³/mol. The summed E-state index contributed by atoms with van der Waals surface area (Å²) < 4.78 is 39.9. The molecule has 0 bridgehead atoms. The Kier molecular flexibility index (Phi) is 5.20. The maximum Gasteiger partial charge on any atom is 0.573 e. The molecular formula is C14H13F3N6O. The van der Waals surface area contributed by atoms with E-state index in [1.165, 1.54) is 18.3 Å². The van der Waals surface area contributed by atoms with E-state index >= 15 is 0 Å². The van der Waals surface area contributed by atoms with Crippen molar-refractivity contribution in [3.05, 3.63) is 48.8 Å². The molecule has 1 heterocycles. The number of guanidine groups is 2. The molecule has 24 heavy (non-hydrogen) atoms. The van der Waals surface area contributed by atoms with Crippen molar-refractivity contribution in [1.82, 2.24) is 10.3 Å². The van der Waals surface area contributed by atoms with Crippen molar-refractivity contribution < 1.29 is 17.9 Å². The number of halogens is 3. The van der Waals surface area contributed by atoms with Crippen molar-refractivity contribution in [2.24, 2.45) is 0 Å². The molecule has 0 saturated carbocycles. The van der Waals surface area contributed by atoms with Gasteiger partial charge in [0.15, 0.2) is 11.9 Å². The average Bonchev–Trinajstić information content (AvgIpc) is 2.48. The van der Waals surface area contributed by atoms with Gasteiger partial charge in [0.2, 0.25) is 0 Å². The van der Waals surface area contributed by atoms with Crippen LogP contribution in [-0.4, -0.2) is 23.3 Å². The van der Waals surface area contributed by atoms with Gasteiger partial charge < -0.3 is 15.4 Å². The Bertz CT molecular complexity index is 703. The van der Waals surface area contributed by atoms with Crippen LogP contribution in [0.2, 0.25) is 0 Å². The summed E-state index contributed by atoms with van der Waals surface area (Å²) in [6, 6.07) is 8.24. The highest BCUT2D eigenvalue weighted by atomic mass is 19.4. The Morgan fingerprint density at radius 1 is 0.958 bits per heavy atom. The highest BCUT2D eigenvalue weighted by Crippen LogP contribution is 2.23. The molecular weight excluding hydrogens is 325 g/mol. The van der Waals surface area contributed by atoms with Crippen LogP contribution in [0.3, 0.4) is 0 Å². The van der Waals surface area contributed by atoms with Crippen LogP contribution in [0.15, 0.2) is 48.8 Å². The zero-order valence-corrected chi connectivity index (χ0v) is 12.1. The number of hydrogen-bond acceptors (Lipinski definition) is 4. The molecule has 0 fully saturated rings. The maximum atomic E-state index is 12.1. The molecule has 5 N–H and O–H groups in total. The lowest BCUT2D eigenvalue weighted by Gasteiger charge is -2.13. The third kappa shape index (κ3) is 5.83. The van der Waals surface area contributed by atoms with Gasteiger partial charge in [0.05, 0.1) is 11.9 Å². The van der Waals surface area contributed by atoms with E-state index in [0.717, 1.165) is 12.1 Å². The van der Waals surface area contributed by atoms with Crippen LogP contribution in [0.4, 0.5) is 24.5 Å². The molecule has 0 radical (unpaired) electrons. The zero-order chi connectivity index (χ0) is 17.6. The quantitative estimate of drug-likeness (QED) is 0.437. The highest BCUT2D eigenvalue weighted by molar-refractivity contribution is 6.07. The van der Waals surface area contributed by atoms with E-state index in [9.17, 15) is 13.2 Å². The zero-order valence-electron chi connectivity index (χ0n) is 12.1. The Labute approximate surface area is 134 Å². The number of anilines is 2. The van der Waals surface area contributed by atoms with Gasteiger partial charge in [0, 0.05) is 11.9 Å². The summed E-state index contributed by atoms with van der Waals surface area (Å²) in [4.78, 5) is 3.87. The van der Waals surface area contributed by atoms with Crippen molar-refractivity contribution in [2.75, 3.05) is 10.6 Å². The number of benzene rings is 1. The molecule has 0 spiro atoms. The largest absolute Gasteiger partial charge is 0.573 e. The lowest BCUT2D eigenvalue weighted by Crippen LogP contribution is -2.38. The molecule has 7 nitrogen and oxygen atoms in total. The van der Waals surface area contributed by atoms with E-state index in [2.05, 4.69) is 25.7 Å². The Morgan fingerprint density at radius 3 is 2.12 bits per heavy atom. The number of rotatable bonds is 3. The highest BCUT2D eigenvalue weighted by Gasteiger charge is 2.30. The van der Waals surface area contributed by atoms with Gasteiger partial charge in [-0.05, 0) is 36.4 Å². The maximum absolute atomic E-state index is 12.1. The summed E-state index contributed by atoms with van der Waals surface area (Å²) >= 11 is 0. The average molecular weight is 338 g/mol. The van der Waals surface area contributed by atoms with E-state index < -0.39 is 6.36 Å². The normalized spacial score (nSPS) is 10.6. The van der Waals surface area contributed by atoms with Crippen LogP contribution in [0.1, 0.15) is 0 Å². The van der Waals surface area contributed by atoms with Crippen LogP contribution >= 0.6 is 0 Å². The molecule has 2 rings (SSSR count). The number of aromatic nitrogens is 1. The molecule has 0 aliphatic carbocycles. The molecule has 0 amide bonds. The summed E-state index contributed by atoms with van der Waals surface area (Å²) in [7, 11) is 0. The Hall–Kier alpha value is -3.30. The SMILES string of the molecule is N=C(NC(=N)Nc1cccnc1)Nc1ccc(OC(F)(F)F)cc1. The van der Waals surface area contributed by atoms with E-state index in [1.807, 2.05) is 0 Å². The number of alkyl halides is 3. The fourth-order valence-electron chi connectivity index (χ4n) is 1.65. The minimum Gasteiger partial charge on any atom is -0.406 e. The fourth-order valence-corrected chi connectivity index (χ4v) is 1.65. The van der Waals surface area contributed by atoms with E-state index in [0.29, 0.717) is 11.4 Å². The Morgan fingerprint density at radius 2 is 1.58 bits per heavy atom. The molecule has 1 aromatic heterocycles. The first-order valence-electron chi connectivity index (χ1n) is 6.56. The lowest BCUT2D eigenvalue weighted by atomic mass is 10.3. The van der Waals surface area contributed by atoms with Crippen LogP contribution < -0.4 is 20.7 Å². The minimum absolute atomic E-state index is 0.169. The van der Waals surface area contributed by atoms with E-state index in [1.54, 1.807) is 18.3 Å². The van der Waals surface area contributed by atoms with Gasteiger partial charge in [-0.2, -0.15) is 0 Å². The molecule has 0 aliphatic rings. The first-order chi connectivity index (χ1) is 11.3. The number of nitrogens with one attached hydrogen (secondary N) is 5. The smallest absolute Gasteiger partial charge is 0.406 e. The number of hydrogen-bond donors (Lipinski definition) is 5. The molecule has 2 aromatic rings. The fraction of sp³-hybridized carbons (Fsp3) is 0.0714. The predicted octanol–water partition coefficient (Wildman–Crippen LogP) is 2.96. The molecule has 0 aliphatic heterocycles. The standard InChI is InChI=1S/C14H13F3N6O/c15-14(16,17)24-11-5-3-9(4-6-11)21-12(18)23-13(19)22-10-2-1-7-20-8-10/h1-8H,(H5,18,19,21,22,23). The van der Waals surface area contributed by atoms with Gasteiger partial charge in [-0.1, -0.05) is 0 Å². The van der Waals surface area contributed by atoms with Crippen molar-refractivity contribution in [2.45, 2.75) is 6.36 Å². The summed E-state index contributed by atoms with van der Waals surface area (Å²) in [6.07, 6.45) is -1.67. The topological polar surface area (TPSA) is 106 Å². The van der Waals surface area contributed by atoms with Crippen LogP contribution in [-0.2, 0) is 0 Å². The van der Waals surface area contributed by atoms with E-state index in [-0.39, 0.29) is 17.7 Å². The van der Waals surface area contributed by atoms with Crippen molar-refractivity contribution >= 4 is 23.3 Å². The second-order valence-electron chi connectivity index (χ2n) is 4.44. The third-order valence-corrected chi connectivity index (χ3v) is 2.54. The first-order valence-corrected chi connectivity index (χ1v) is 6.56. The molecule has 0 atom stereocenters. The number of pyridine rings is 1. The summed E-state index contributed by atoms with van der Waals surface area (Å²) in [6.45, 7) is 0. The lowest BCUT2D eigenvalue weighted by molar-refractivity contribution is -0.274. The molecule has 0 unspecified atom stereocenters. The minimum atomic E-state index is -4.75. The van der Waals surface area contributed by atoms with Crippen molar-refractivity contribution in [1.29, 1.82) is 10.8 Å². The second-order valence-corrected chi connectivity index (χ2v) is 4.44.